The second-order valence-corrected chi connectivity index (χ2v) is 4.10. The summed E-state index contributed by atoms with van der Waals surface area (Å²) >= 11 is 0. The monoisotopic (exact) mass is 251 g/mol. The highest BCUT2D eigenvalue weighted by atomic mass is 16.4. The van der Waals surface area contributed by atoms with E-state index < -0.39 is 18.0 Å². The van der Waals surface area contributed by atoms with E-state index in [9.17, 15) is 9.59 Å². The molecule has 0 radical (unpaired) electrons. The number of carbonyl (C=O) groups is 2. The fraction of sp³-hybridized carbons (Fsp3) is 0.333. The molecule has 0 bridgehead atoms. The van der Waals surface area contributed by atoms with Crippen LogP contribution in [0.25, 0.3) is 0 Å². The van der Waals surface area contributed by atoms with Crippen LogP contribution in [-0.2, 0) is 4.79 Å². The maximum atomic E-state index is 11.5. The largest absolute Gasteiger partial charge is 0.480 e. The first kappa shape index (κ1) is 13.8. The molecule has 1 unspecified atom stereocenters. The van der Waals surface area contributed by atoms with Crippen LogP contribution in [0.4, 0.5) is 16.2 Å². The Balaban J connectivity index is 2.64. The number of carboxylic acids is 1. The number of aliphatic carboxylic acids is 1. The van der Waals surface area contributed by atoms with Gasteiger partial charge in [-0.1, -0.05) is 6.07 Å². The highest BCUT2D eigenvalue weighted by molar-refractivity contribution is 5.92. The summed E-state index contributed by atoms with van der Waals surface area (Å²) in [5.41, 5.74) is 1.55. The summed E-state index contributed by atoms with van der Waals surface area (Å²) in [7, 11) is 3.79. The van der Waals surface area contributed by atoms with E-state index >= 15 is 0 Å². The zero-order valence-corrected chi connectivity index (χ0v) is 10.6. The minimum Gasteiger partial charge on any atom is -0.480 e. The molecule has 1 atom stereocenters. The number of anilines is 2. The predicted octanol–water partition coefficient (Wildman–Crippen LogP) is 1.35. The molecule has 0 heterocycles. The van der Waals surface area contributed by atoms with Crippen molar-refractivity contribution in [1.82, 2.24) is 5.32 Å². The standard InChI is InChI=1S/C12H17N3O3/c1-8(11(16)17)13-12(18)14-9-5-4-6-10(7-9)15(2)3/h4-8H,1-3H3,(H,16,17)(H2,13,14,18). The molecule has 98 valence electrons. The Labute approximate surface area is 106 Å². The van der Waals surface area contributed by atoms with Crippen LogP contribution in [0, 0.1) is 0 Å². The number of hydrogen-bond donors (Lipinski definition) is 3. The maximum absolute atomic E-state index is 11.5. The minimum absolute atomic E-state index is 0.541. The summed E-state index contributed by atoms with van der Waals surface area (Å²) in [6.07, 6.45) is 0. The van der Waals surface area contributed by atoms with E-state index in [1.54, 1.807) is 12.1 Å². The molecule has 1 aromatic carbocycles. The molecule has 0 saturated carbocycles. The van der Waals surface area contributed by atoms with Crippen LogP contribution >= 0.6 is 0 Å². The number of hydrogen-bond acceptors (Lipinski definition) is 3. The summed E-state index contributed by atoms with van der Waals surface area (Å²) in [4.78, 5) is 24.0. The minimum atomic E-state index is -1.08. The summed E-state index contributed by atoms with van der Waals surface area (Å²) in [5, 5.41) is 13.6. The molecule has 3 N–H and O–H groups in total. The van der Waals surface area contributed by atoms with Crippen molar-refractivity contribution in [3.05, 3.63) is 24.3 Å². The van der Waals surface area contributed by atoms with Crippen molar-refractivity contribution in [2.45, 2.75) is 13.0 Å². The third-order valence-electron chi connectivity index (χ3n) is 2.34. The summed E-state index contributed by atoms with van der Waals surface area (Å²) < 4.78 is 0. The molecular formula is C12H17N3O3. The van der Waals surface area contributed by atoms with Crippen molar-refractivity contribution in [2.24, 2.45) is 0 Å². The Morgan fingerprint density at radius 3 is 2.56 bits per heavy atom. The third kappa shape index (κ3) is 3.97. The third-order valence-corrected chi connectivity index (χ3v) is 2.34. The Hall–Kier alpha value is -2.24. The first-order chi connectivity index (χ1) is 8.40. The average Bonchev–Trinajstić information content (AvgIpc) is 2.28. The molecule has 0 spiro atoms. The number of rotatable bonds is 4. The van der Waals surface area contributed by atoms with Gasteiger partial charge in [-0.3, -0.25) is 4.79 Å². The number of carboxylic acid groups (broad SMARTS) is 1. The van der Waals surface area contributed by atoms with Crippen LogP contribution in [0.2, 0.25) is 0 Å². The molecule has 18 heavy (non-hydrogen) atoms. The molecular weight excluding hydrogens is 234 g/mol. The van der Waals surface area contributed by atoms with Crippen molar-refractivity contribution in [2.75, 3.05) is 24.3 Å². The lowest BCUT2D eigenvalue weighted by molar-refractivity contribution is -0.138. The molecule has 0 fully saturated rings. The maximum Gasteiger partial charge on any atom is 0.325 e. The molecule has 0 saturated heterocycles. The number of urea groups is 1. The molecule has 0 aliphatic rings. The van der Waals surface area contributed by atoms with Gasteiger partial charge in [0.05, 0.1) is 0 Å². The summed E-state index contributed by atoms with van der Waals surface area (Å²) in [6, 6.07) is 5.78. The van der Waals surface area contributed by atoms with Gasteiger partial charge in [-0.2, -0.15) is 0 Å². The highest BCUT2D eigenvalue weighted by Gasteiger charge is 2.13. The average molecular weight is 251 g/mol. The lowest BCUT2D eigenvalue weighted by atomic mass is 10.2. The first-order valence-electron chi connectivity index (χ1n) is 5.48. The van der Waals surface area contributed by atoms with Gasteiger partial charge in [-0.05, 0) is 25.1 Å². The predicted molar refractivity (Wildman–Crippen MR) is 70.0 cm³/mol. The SMILES string of the molecule is CC(NC(=O)Nc1cccc(N(C)C)c1)C(=O)O. The number of amides is 2. The van der Waals surface area contributed by atoms with Crippen molar-refractivity contribution < 1.29 is 14.7 Å². The van der Waals surface area contributed by atoms with Crippen molar-refractivity contribution in [1.29, 1.82) is 0 Å². The number of nitrogens with one attached hydrogen (secondary N) is 2. The normalized spacial score (nSPS) is 11.5. The highest BCUT2D eigenvalue weighted by Crippen LogP contribution is 2.16. The fourth-order valence-corrected chi connectivity index (χ4v) is 1.29. The van der Waals surface area contributed by atoms with E-state index in [1.807, 2.05) is 31.1 Å². The molecule has 1 aromatic rings. The van der Waals surface area contributed by atoms with Crippen LogP contribution in [0.15, 0.2) is 24.3 Å². The number of benzene rings is 1. The zero-order valence-electron chi connectivity index (χ0n) is 10.6. The quantitative estimate of drug-likeness (QED) is 0.754. The van der Waals surface area contributed by atoms with Gasteiger partial charge < -0.3 is 20.6 Å². The van der Waals surface area contributed by atoms with E-state index in [4.69, 9.17) is 5.11 Å². The van der Waals surface area contributed by atoms with E-state index in [-0.39, 0.29) is 0 Å². The van der Waals surface area contributed by atoms with Crippen LogP contribution in [0.1, 0.15) is 6.92 Å². The molecule has 0 aliphatic carbocycles. The van der Waals surface area contributed by atoms with Gasteiger partial charge >= 0.3 is 12.0 Å². The molecule has 6 heteroatoms. The van der Waals surface area contributed by atoms with Gasteiger partial charge in [0.25, 0.3) is 0 Å². The smallest absolute Gasteiger partial charge is 0.325 e. The number of nitrogens with zero attached hydrogens (tertiary/aromatic N) is 1. The Morgan fingerprint density at radius 1 is 1.33 bits per heavy atom. The molecule has 1 rings (SSSR count). The van der Waals surface area contributed by atoms with Gasteiger partial charge in [0.2, 0.25) is 0 Å². The van der Waals surface area contributed by atoms with Crippen LogP contribution in [-0.4, -0.2) is 37.2 Å². The van der Waals surface area contributed by atoms with Gasteiger partial charge in [-0.25, -0.2) is 4.79 Å². The van der Waals surface area contributed by atoms with E-state index in [0.717, 1.165) is 5.69 Å². The summed E-state index contributed by atoms with van der Waals surface area (Å²) in [5.74, 6) is -1.08. The van der Waals surface area contributed by atoms with Gasteiger partial charge in [0.15, 0.2) is 0 Å². The van der Waals surface area contributed by atoms with E-state index in [0.29, 0.717) is 5.69 Å². The Kier molecular flexibility index (Phi) is 4.53. The van der Waals surface area contributed by atoms with Crippen molar-refractivity contribution in [3.63, 3.8) is 0 Å². The molecule has 6 nitrogen and oxygen atoms in total. The number of carbonyl (C=O) groups excluding carboxylic acids is 1. The molecule has 2 amide bonds. The fourth-order valence-electron chi connectivity index (χ4n) is 1.29. The Morgan fingerprint density at radius 2 is 2.00 bits per heavy atom. The lowest BCUT2D eigenvalue weighted by Gasteiger charge is -2.15. The lowest BCUT2D eigenvalue weighted by Crippen LogP contribution is -2.40. The van der Waals surface area contributed by atoms with Crippen LogP contribution < -0.4 is 15.5 Å². The van der Waals surface area contributed by atoms with Crippen molar-refractivity contribution >= 4 is 23.4 Å². The van der Waals surface area contributed by atoms with Gasteiger partial charge in [0, 0.05) is 25.5 Å². The molecule has 0 aliphatic heterocycles. The Bertz CT molecular complexity index is 446. The van der Waals surface area contributed by atoms with Gasteiger partial charge in [-0.15, -0.1) is 0 Å². The van der Waals surface area contributed by atoms with Crippen molar-refractivity contribution in [3.8, 4) is 0 Å². The zero-order chi connectivity index (χ0) is 13.7. The van der Waals surface area contributed by atoms with E-state index in [1.165, 1.54) is 6.92 Å². The second kappa shape index (κ2) is 5.90. The van der Waals surface area contributed by atoms with Gasteiger partial charge in [0.1, 0.15) is 6.04 Å². The first-order valence-corrected chi connectivity index (χ1v) is 5.48. The van der Waals surface area contributed by atoms with E-state index in [2.05, 4.69) is 10.6 Å². The van der Waals surface area contributed by atoms with Crippen LogP contribution in [0.3, 0.4) is 0 Å². The second-order valence-electron chi connectivity index (χ2n) is 4.10. The topological polar surface area (TPSA) is 81.7 Å². The summed E-state index contributed by atoms with van der Waals surface area (Å²) in [6.45, 7) is 1.40. The molecule has 0 aromatic heterocycles. The van der Waals surface area contributed by atoms with Crippen LogP contribution in [0.5, 0.6) is 0 Å².